The lowest BCUT2D eigenvalue weighted by Gasteiger charge is -2.26. The summed E-state index contributed by atoms with van der Waals surface area (Å²) in [5.41, 5.74) is 9.36. The molecule has 4 amide bonds. The van der Waals surface area contributed by atoms with Gasteiger partial charge in [0.15, 0.2) is 0 Å². The number of carbonyl (C=O) groups excluding carboxylic acids is 2. The zero-order valence-corrected chi connectivity index (χ0v) is 18.5. The molecule has 2 aliphatic rings. The van der Waals surface area contributed by atoms with Crippen molar-refractivity contribution in [2.45, 2.75) is 6.42 Å². The van der Waals surface area contributed by atoms with E-state index in [0.717, 1.165) is 28.9 Å². The van der Waals surface area contributed by atoms with Gasteiger partial charge >= 0.3 is 12.1 Å². The predicted molar refractivity (Wildman–Crippen MR) is 125 cm³/mol. The molecule has 2 heterocycles. The predicted octanol–water partition coefficient (Wildman–Crippen LogP) is 2.01. The van der Waals surface area contributed by atoms with Crippen molar-refractivity contribution in [1.29, 1.82) is 0 Å². The van der Waals surface area contributed by atoms with Crippen LogP contribution in [0.1, 0.15) is 11.1 Å². The number of urea groups is 2. The third kappa shape index (κ3) is 7.43. The van der Waals surface area contributed by atoms with Gasteiger partial charge in [-0.05, 0) is 41.8 Å². The maximum Gasteiger partial charge on any atom is 0.333 e. The van der Waals surface area contributed by atoms with E-state index in [-0.39, 0.29) is 12.1 Å². The normalized spacial score (nSPS) is 17.2. The van der Waals surface area contributed by atoms with E-state index in [0.29, 0.717) is 52.6 Å². The molecular formula is C23H30N6O4. The molecule has 2 aromatic carbocycles. The Morgan fingerprint density at radius 1 is 0.636 bits per heavy atom. The van der Waals surface area contributed by atoms with Gasteiger partial charge in [0.05, 0.1) is 26.4 Å². The smallest absolute Gasteiger partial charge is 0.333 e. The minimum atomic E-state index is -0.259. The number of amides is 4. The van der Waals surface area contributed by atoms with Gasteiger partial charge in [0, 0.05) is 37.6 Å². The number of anilines is 2. The summed E-state index contributed by atoms with van der Waals surface area (Å²) in [7, 11) is 0. The van der Waals surface area contributed by atoms with Crippen LogP contribution in [0.2, 0.25) is 0 Å². The topological polar surface area (TPSA) is 107 Å². The fourth-order valence-electron chi connectivity index (χ4n) is 3.60. The summed E-state index contributed by atoms with van der Waals surface area (Å²) in [4.78, 5) is 24.3. The Hall–Kier alpha value is -3.18. The van der Waals surface area contributed by atoms with Crippen molar-refractivity contribution in [3.05, 3.63) is 59.7 Å². The summed E-state index contributed by atoms with van der Waals surface area (Å²) in [5.74, 6) is 0. The quantitative estimate of drug-likeness (QED) is 0.532. The van der Waals surface area contributed by atoms with E-state index in [2.05, 4.69) is 21.5 Å². The van der Waals surface area contributed by atoms with Gasteiger partial charge in [0.2, 0.25) is 0 Å². The molecular weight excluding hydrogens is 424 g/mol. The van der Waals surface area contributed by atoms with E-state index >= 15 is 0 Å². The fraction of sp³-hybridized carbons (Fsp3) is 0.391. The molecule has 0 unspecified atom stereocenters. The van der Waals surface area contributed by atoms with Crippen LogP contribution in [-0.4, -0.2) is 74.7 Å². The molecule has 2 saturated heterocycles. The SMILES string of the molecule is O=C(Nc1ccc(Cc2ccc(NC(=O)NN3CCOCC3)cc2)cc1)NN1CCOCC1. The first-order valence-electron chi connectivity index (χ1n) is 11.1. The van der Waals surface area contributed by atoms with E-state index in [9.17, 15) is 9.59 Å². The number of nitrogens with one attached hydrogen (secondary N) is 4. The summed E-state index contributed by atoms with van der Waals surface area (Å²) in [6.45, 7) is 5.19. The molecule has 0 saturated carbocycles. The van der Waals surface area contributed by atoms with Crippen LogP contribution < -0.4 is 21.5 Å². The first-order valence-corrected chi connectivity index (χ1v) is 11.1. The van der Waals surface area contributed by atoms with E-state index in [4.69, 9.17) is 9.47 Å². The largest absolute Gasteiger partial charge is 0.379 e. The summed E-state index contributed by atoms with van der Waals surface area (Å²) in [6.07, 6.45) is 0.751. The van der Waals surface area contributed by atoms with E-state index in [1.54, 1.807) is 0 Å². The third-order valence-corrected chi connectivity index (χ3v) is 5.37. The Kier molecular flexibility index (Phi) is 8.09. The van der Waals surface area contributed by atoms with Gasteiger partial charge < -0.3 is 20.1 Å². The van der Waals surface area contributed by atoms with E-state index < -0.39 is 0 Å². The van der Waals surface area contributed by atoms with Crippen molar-refractivity contribution in [2.75, 3.05) is 63.2 Å². The maximum absolute atomic E-state index is 12.1. The van der Waals surface area contributed by atoms with Crippen molar-refractivity contribution in [1.82, 2.24) is 20.9 Å². The number of ether oxygens (including phenoxy) is 2. The van der Waals surface area contributed by atoms with Crippen LogP contribution in [0.25, 0.3) is 0 Å². The Morgan fingerprint density at radius 3 is 1.36 bits per heavy atom. The van der Waals surface area contributed by atoms with Gasteiger partial charge in [0.25, 0.3) is 0 Å². The monoisotopic (exact) mass is 454 g/mol. The molecule has 176 valence electrons. The second-order valence-electron chi connectivity index (χ2n) is 7.90. The van der Waals surface area contributed by atoms with Crippen molar-refractivity contribution in [2.24, 2.45) is 0 Å². The molecule has 2 aromatic rings. The molecule has 2 aliphatic heterocycles. The van der Waals surface area contributed by atoms with Gasteiger partial charge in [-0.1, -0.05) is 24.3 Å². The van der Waals surface area contributed by atoms with E-state index in [1.165, 1.54) is 0 Å². The molecule has 10 heteroatoms. The molecule has 0 radical (unpaired) electrons. The van der Waals surface area contributed by atoms with Crippen LogP contribution in [0.5, 0.6) is 0 Å². The number of hydrogen-bond donors (Lipinski definition) is 4. The Bertz CT molecular complexity index is 834. The summed E-state index contributed by atoms with van der Waals surface area (Å²) >= 11 is 0. The standard InChI is InChI=1S/C23H30N6O4/c30-22(26-28-9-13-32-14-10-28)24-20-5-1-18(2-6-20)17-19-3-7-21(8-4-19)25-23(31)27-29-11-15-33-16-12-29/h1-8H,9-17H2,(H2,24,26,30)(H2,25,27,31). The van der Waals surface area contributed by atoms with Crippen LogP contribution in [0.4, 0.5) is 21.0 Å². The van der Waals surface area contributed by atoms with Crippen molar-refractivity contribution < 1.29 is 19.1 Å². The Morgan fingerprint density at radius 2 is 1.00 bits per heavy atom. The average Bonchev–Trinajstić information content (AvgIpc) is 2.83. The highest BCUT2D eigenvalue weighted by Crippen LogP contribution is 2.16. The van der Waals surface area contributed by atoms with Gasteiger partial charge in [-0.2, -0.15) is 0 Å². The second kappa shape index (κ2) is 11.6. The number of benzene rings is 2. The Balaban J connectivity index is 1.22. The van der Waals surface area contributed by atoms with Crippen molar-refractivity contribution in [3.63, 3.8) is 0 Å². The maximum atomic E-state index is 12.1. The van der Waals surface area contributed by atoms with E-state index in [1.807, 2.05) is 58.5 Å². The van der Waals surface area contributed by atoms with Crippen LogP contribution in [0.3, 0.4) is 0 Å². The van der Waals surface area contributed by atoms with Gasteiger partial charge in [-0.25, -0.2) is 19.6 Å². The summed E-state index contributed by atoms with van der Waals surface area (Å²) in [5, 5.41) is 9.38. The summed E-state index contributed by atoms with van der Waals surface area (Å²) < 4.78 is 10.5. The fourth-order valence-corrected chi connectivity index (χ4v) is 3.60. The average molecular weight is 455 g/mol. The van der Waals surface area contributed by atoms with Crippen molar-refractivity contribution in [3.8, 4) is 0 Å². The van der Waals surface area contributed by atoms with Crippen LogP contribution in [0.15, 0.2) is 48.5 Å². The lowest BCUT2D eigenvalue weighted by molar-refractivity contribution is 0.0206. The first kappa shape index (κ1) is 23.0. The summed E-state index contributed by atoms with van der Waals surface area (Å²) in [6, 6.07) is 15.0. The van der Waals surface area contributed by atoms with Gasteiger partial charge in [0.1, 0.15) is 0 Å². The van der Waals surface area contributed by atoms with Crippen molar-refractivity contribution >= 4 is 23.4 Å². The molecule has 4 rings (SSSR count). The lowest BCUT2D eigenvalue weighted by Crippen LogP contribution is -2.49. The number of hydrogen-bond acceptors (Lipinski definition) is 6. The molecule has 0 spiro atoms. The van der Waals surface area contributed by atoms with Gasteiger partial charge in [-0.15, -0.1) is 0 Å². The molecule has 0 aromatic heterocycles. The number of carbonyl (C=O) groups is 2. The zero-order chi connectivity index (χ0) is 22.9. The first-order chi connectivity index (χ1) is 16.1. The minimum Gasteiger partial charge on any atom is -0.379 e. The highest BCUT2D eigenvalue weighted by molar-refractivity contribution is 5.89. The molecule has 0 atom stereocenters. The van der Waals surface area contributed by atoms with Crippen LogP contribution in [-0.2, 0) is 15.9 Å². The molecule has 33 heavy (non-hydrogen) atoms. The molecule has 0 aliphatic carbocycles. The van der Waals surface area contributed by atoms with Gasteiger partial charge in [-0.3, -0.25) is 10.9 Å². The molecule has 4 N–H and O–H groups in total. The number of hydrazine groups is 2. The minimum absolute atomic E-state index is 0.259. The third-order valence-electron chi connectivity index (χ3n) is 5.37. The second-order valence-corrected chi connectivity index (χ2v) is 7.90. The Labute approximate surface area is 193 Å². The zero-order valence-electron chi connectivity index (χ0n) is 18.5. The number of nitrogens with zero attached hydrogens (tertiary/aromatic N) is 2. The lowest BCUT2D eigenvalue weighted by atomic mass is 10.0. The molecule has 10 nitrogen and oxygen atoms in total. The van der Waals surface area contributed by atoms with Crippen LogP contribution in [0, 0.1) is 0 Å². The highest BCUT2D eigenvalue weighted by Gasteiger charge is 2.14. The highest BCUT2D eigenvalue weighted by atomic mass is 16.5. The molecule has 0 bridgehead atoms. The number of rotatable bonds is 6. The van der Waals surface area contributed by atoms with Crippen LogP contribution >= 0.6 is 0 Å². The number of morpholine rings is 2. The molecule has 2 fully saturated rings.